The van der Waals surface area contributed by atoms with Crippen LogP contribution in [0.2, 0.25) is 0 Å². The minimum atomic E-state index is -0.622. The van der Waals surface area contributed by atoms with Crippen molar-refractivity contribution in [3.8, 4) is 5.69 Å². The van der Waals surface area contributed by atoms with Crippen molar-refractivity contribution in [2.75, 3.05) is 25.9 Å². The number of nitrogens with zero attached hydrogens (tertiary/aromatic N) is 3. The number of aromatic nitrogens is 2. The second-order valence-electron chi connectivity index (χ2n) is 7.94. The van der Waals surface area contributed by atoms with E-state index in [0.717, 1.165) is 0 Å². The van der Waals surface area contributed by atoms with E-state index in [9.17, 15) is 14.0 Å². The highest BCUT2D eigenvalue weighted by Gasteiger charge is 2.36. The predicted molar refractivity (Wildman–Crippen MR) is 104 cm³/mol. The number of esters is 1. The predicted octanol–water partition coefficient (Wildman–Crippen LogP) is 3.10. The standard InChI is InChI=1S/C20H25FN4O4/c1-20(2,3)29-19(27)24-10-9-12(11-24)15-16(18(26)28-4)23-25(17(15)22)14-7-5-13(21)6-8-14/h5-8,12H,9-11,22H2,1-4H3. The number of anilines is 1. The summed E-state index contributed by atoms with van der Waals surface area (Å²) in [6, 6.07) is 5.61. The summed E-state index contributed by atoms with van der Waals surface area (Å²) in [6.45, 7) is 6.23. The zero-order valence-corrected chi connectivity index (χ0v) is 16.9. The van der Waals surface area contributed by atoms with Crippen LogP contribution in [0, 0.1) is 5.82 Å². The molecular formula is C20H25FN4O4. The lowest BCUT2D eigenvalue weighted by molar-refractivity contribution is 0.0292. The molecule has 1 atom stereocenters. The Morgan fingerprint density at radius 2 is 1.90 bits per heavy atom. The van der Waals surface area contributed by atoms with Crippen LogP contribution < -0.4 is 5.73 Å². The van der Waals surface area contributed by atoms with Gasteiger partial charge < -0.3 is 20.1 Å². The number of benzene rings is 1. The molecular weight excluding hydrogens is 379 g/mol. The van der Waals surface area contributed by atoms with E-state index in [4.69, 9.17) is 15.2 Å². The van der Waals surface area contributed by atoms with E-state index in [1.807, 2.05) is 0 Å². The van der Waals surface area contributed by atoms with Crippen LogP contribution in [0.3, 0.4) is 0 Å². The molecule has 8 nitrogen and oxygen atoms in total. The Morgan fingerprint density at radius 3 is 2.48 bits per heavy atom. The van der Waals surface area contributed by atoms with E-state index in [-0.39, 0.29) is 17.4 Å². The molecule has 2 aromatic rings. The van der Waals surface area contributed by atoms with Crippen LogP contribution in [0.25, 0.3) is 5.69 Å². The minimum Gasteiger partial charge on any atom is -0.464 e. The van der Waals surface area contributed by atoms with Crippen molar-refractivity contribution in [3.05, 3.63) is 41.3 Å². The fraction of sp³-hybridized carbons (Fsp3) is 0.450. The van der Waals surface area contributed by atoms with E-state index in [1.165, 1.54) is 36.1 Å². The Morgan fingerprint density at radius 1 is 1.24 bits per heavy atom. The highest BCUT2D eigenvalue weighted by atomic mass is 19.1. The molecule has 0 bridgehead atoms. The van der Waals surface area contributed by atoms with Crippen LogP contribution in [-0.2, 0) is 9.47 Å². The van der Waals surface area contributed by atoms with Crippen molar-refractivity contribution >= 4 is 17.9 Å². The molecule has 156 valence electrons. The van der Waals surface area contributed by atoms with Crippen LogP contribution >= 0.6 is 0 Å². The molecule has 1 saturated heterocycles. The maximum Gasteiger partial charge on any atom is 0.410 e. The summed E-state index contributed by atoms with van der Waals surface area (Å²) < 4.78 is 24.9. The fourth-order valence-electron chi connectivity index (χ4n) is 3.36. The molecule has 1 fully saturated rings. The lowest BCUT2D eigenvalue weighted by Gasteiger charge is -2.24. The number of nitrogens with two attached hydrogens (primary N) is 1. The molecule has 3 rings (SSSR count). The maximum absolute atomic E-state index is 13.3. The second-order valence-corrected chi connectivity index (χ2v) is 7.94. The molecule has 29 heavy (non-hydrogen) atoms. The molecule has 1 aromatic heterocycles. The van der Waals surface area contributed by atoms with Gasteiger partial charge in [0.2, 0.25) is 0 Å². The third-order valence-electron chi connectivity index (χ3n) is 4.66. The van der Waals surface area contributed by atoms with Gasteiger partial charge in [0, 0.05) is 24.6 Å². The average molecular weight is 404 g/mol. The van der Waals surface area contributed by atoms with E-state index < -0.39 is 23.5 Å². The number of rotatable bonds is 3. The first kappa shape index (κ1) is 20.6. The number of hydrogen-bond donors (Lipinski definition) is 1. The average Bonchev–Trinajstić information content (AvgIpc) is 3.25. The Labute approximate surface area is 168 Å². The molecule has 1 aromatic carbocycles. The Balaban J connectivity index is 1.93. The van der Waals surface area contributed by atoms with Crippen molar-refractivity contribution in [1.82, 2.24) is 14.7 Å². The van der Waals surface area contributed by atoms with Gasteiger partial charge in [0.15, 0.2) is 5.69 Å². The number of halogens is 1. The van der Waals surface area contributed by atoms with E-state index in [1.54, 1.807) is 25.7 Å². The number of methoxy groups -OCH3 is 1. The van der Waals surface area contributed by atoms with Gasteiger partial charge in [-0.1, -0.05) is 0 Å². The van der Waals surface area contributed by atoms with Gasteiger partial charge in [-0.15, -0.1) is 0 Å². The first-order chi connectivity index (χ1) is 13.6. The quantitative estimate of drug-likeness (QED) is 0.789. The van der Waals surface area contributed by atoms with Crippen molar-refractivity contribution in [2.24, 2.45) is 0 Å². The third kappa shape index (κ3) is 4.33. The van der Waals surface area contributed by atoms with Crippen molar-refractivity contribution < 1.29 is 23.5 Å². The van der Waals surface area contributed by atoms with Gasteiger partial charge >= 0.3 is 12.1 Å². The first-order valence-electron chi connectivity index (χ1n) is 9.31. The van der Waals surface area contributed by atoms with Gasteiger partial charge in [-0.25, -0.2) is 18.7 Å². The van der Waals surface area contributed by atoms with Crippen LogP contribution in [0.4, 0.5) is 15.0 Å². The highest BCUT2D eigenvalue weighted by molar-refractivity contribution is 5.91. The van der Waals surface area contributed by atoms with Gasteiger partial charge in [-0.2, -0.15) is 5.10 Å². The summed E-state index contributed by atoms with van der Waals surface area (Å²) >= 11 is 0. The third-order valence-corrected chi connectivity index (χ3v) is 4.66. The smallest absolute Gasteiger partial charge is 0.410 e. The van der Waals surface area contributed by atoms with Gasteiger partial charge in [0.25, 0.3) is 0 Å². The number of ether oxygens (including phenoxy) is 2. The number of likely N-dealkylation sites (tertiary alicyclic amines) is 1. The topological polar surface area (TPSA) is 99.7 Å². The Bertz CT molecular complexity index is 918. The molecule has 1 unspecified atom stereocenters. The number of hydrogen-bond acceptors (Lipinski definition) is 6. The monoisotopic (exact) mass is 404 g/mol. The van der Waals surface area contributed by atoms with E-state index in [0.29, 0.717) is 30.8 Å². The highest BCUT2D eigenvalue weighted by Crippen LogP contribution is 2.35. The number of nitrogen functional groups attached to an aromatic ring is 1. The molecule has 2 heterocycles. The van der Waals surface area contributed by atoms with Crippen LogP contribution in [-0.4, -0.2) is 52.5 Å². The zero-order chi connectivity index (χ0) is 21.3. The van der Waals surface area contributed by atoms with E-state index >= 15 is 0 Å². The second kappa shape index (κ2) is 7.73. The largest absolute Gasteiger partial charge is 0.464 e. The zero-order valence-electron chi connectivity index (χ0n) is 16.9. The molecule has 0 radical (unpaired) electrons. The van der Waals surface area contributed by atoms with Gasteiger partial charge in [0.05, 0.1) is 12.8 Å². The van der Waals surface area contributed by atoms with Crippen molar-refractivity contribution in [1.29, 1.82) is 0 Å². The number of carbonyl (C=O) groups is 2. The van der Waals surface area contributed by atoms with Crippen LogP contribution in [0.15, 0.2) is 24.3 Å². The fourth-order valence-corrected chi connectivity index (χ4v) is 3.36. The summed E-state index contributed by atoms with van der Waals surface area (Å²) in [5.74, 6) is -0.959. The summed E-state index contributed by atoms with van der Waals surface area (Å²) in [6.07, 6.45) is 0.187. The van der Waals surface area contributed by atoms with Crippen molar-refractivity contribution in [3.63, 3.8) is 0 Å². The molecule has 1 amide bonds. The van der Waals surface area contributed by atoms with Crippen molar-refractivity contribution in [2.45, 2.75) is 38.7 Å². The van der Waals surface area contributed by atoms with Gasteiger partial charge in [-0.3, -0.25) is 0 Å². The maximum atomic E-state index is 13.3. The summed E-state index contributed by atoms with van der Waals surface area (Å²) in [5, 5.41) is 4.31. The lowest BCUT2D eigenvalue weighted by atomic mass is 9.97. The normalized spacial score (nSPS) is 16.7. The first-order valence-corrected chi connectivity index (χ1v) is 9.31. The summed E-state index contributed by atoms with van der Waals surface area (Å²) in [4.78, 5) is 26.3. The molecule has 0 spiro atoms. The Hall–Kier alpha value is -3.10. The van der Waals surface area contributed by atoms with Gasteiger partial charge in [0.1, 0.15) is 17.2 Å². The van der Waals surface area contributed by atoms with E-state index in [2.05, 4.69) is 5.10 Å². The van der Waals surface area contributed by atoms with Gasteiger partial charge in [-0.05, 0) is 51.5 Å². The van der Waals surface area contributed by atoms with Crippen LogP contribution in [0.1, 0.15) is 49.2 Å². The number of carbonyl (C=O) groups excluding carboxylic acids is 2. The molecule has 1 aliphatic rings. The summed E-state index contributed by atoms with van der Waals surface area (Å²) in [5.41, 5.74) is 6.86. The summed E-state index contributed by atoms with van der Waals surface area (Å²) in [7, 11) is 1.26. The minimum absolute atomic E-state index is 0.0883. The molecule has 0 saturated carbocycles. The lowest BCUT2D eigenvalue weighted by Crippen LogP contribution is -2.35. The number of amides is 1. The molecule has 2 N–H and O–H groups in total. The molecule has 0 aliphatic carbocycles. The molecule has 1 aliphatic heterocycles. The Kier molecular flexibility index (Phi) is 5.50. The molecule has 9 heteroatoms. The van der Waals surface area contributed by atoms with Crippen LogP contribution in [0.5, 0.6) is 0 Å². The SMILES string of the molecule is COC(=O)c1nn(-c2ccc(F)cc2)c(N)c1C1CCN(C(=O)OC(C)(C)C)C1.